The van der Waals surface area contributed by atoms with Crippen molar-refractivity contribution in [2.45, 2.75) is 38.8 Å². The van der Waals surface area contributed by atoms with E-state index in [1.165, 1.54) is 12.8 Å². The van der Waals surface area contributed by atoms with Crippen molar-refractivity contribution in [2.24, 2.45) is 5.73 Å². The molecule has 0 fully saturated rings. The molecule has 2 atom stereocenters. The van der Waals surface area contributed by atoms with E-state index in [9.17, 15) is 0 Å². The quantitative estimate of drug-likeness (QED) is 0.800. The third-order valence-corrected chi connectivity index (χ3v) is 2.83. The number of pyridine rings is 1. The summed E-state index contributed by atoms with van der Waals surface area (Å²) in [6.45, 7) is 5.32. The van der Waals surface area contributed by atoms with Crippen LogP contribution in [0.15, 0.2) is 24.4 Å². The second-order valence-electron chi connectivity index (χ2n) is 4.39. The SMILES string of the molecule is CCCCN(C)C(c1ccccn1)C(C)N. The van der Waals surface area contributed by atoms with Gasteiger partial charge in [-0.3, -0.25) is 9.88 Å². The maximum absolute atomic E-state index is 6.06. The molecular formula is C13H23N3. The van der Waals surface area contributed by atoms with Gasteiger partial charge in [0.2, 0.25) is 0 Å². The van der Waals surface area contributed by atoms with Crippen LogP contribution in [0.2, 0.25) is 0 Å². The van der Waals surface area contributed by atoms with Gasteiger partial charge in [0.25, 0.3) is 0 Å². The van der Waals surface area contributed by atoms with Gasteiger partial charge >= 0.3 is 0 Å². The monoisotopic (exact) mass is 221 g/mol. The first-order chi connectivity index (χ1) is 7.66. The molecule has 0 aromatic carbocycles. The van der Waals surface area contributed by atoms with E-state index in [-0.39, 0.29) is 12.1 Å². The fourth-order valence-corrected chi connectivity index (χ4v) is 1.99. The Morgan fingerprint density at radius 1 is 1.44 bits per heavy atom. The third kappa shape index (κ3) is 3.58. The van der Waals surface area contributed by atoms with Gasteiger partial charge < -0.3 is 5.73 Å². The summed E-state index contributed by atoms with van der Waals surface area (Å²) in [5.41, 5.74) is 7.13. The summed E-state index contributed by atoms with van der Waals surface area (Å²) < 4.78 is 0. The van der Waals surface area contributed by atoms with Crippen LogP contribution in [0.25, 0.3) is 0 Å². The van der Waals surface area contributed by atoms with E-state index in [1.807, 2.05) is 25.3 Å². The van der Waals surface area contributed by atoms with Crippen LogP contribution in [0.1, 0.15) is 38.4 Å². The predicted octanol–water partition coefficient (Wildman–Crippen LogP) is 2.20. The minimum Gasteiger partial charge on any atom is -0.326 e. The van der Waals surface area contributed by atoms with Crippen molar-refractivity contribution in [3.8, 4) is 0 Å². The first-order valence-corrected chi connectivity index (χ1v) is 6.03. The molecule has 3 heteroatoms. The Hall–Kier alpha value is -0.930. The fraction of sp³-hybridized carbons (Fsp3) is 0.615. The average molecular weight is 221 g/mol. The summed E-state index contributed by atoms with van der Waals surface area (Å²) in [7, 11) is 2.12. The highest BCUT2D eigenvalue weighted by Crippen LogP contribution is 2.20. The van der Waals surface area contributed by atoms with Crippen LogP contribution >= 0.6 is 0 Å². The lowest BCUT2D eigenvalue weighted by Crippen LogP contribution is -2.38. The number of aromatic nitrogens is 1. The zero-order valence-corrected chi connectivity index (χ0v) is 10.6. The van der Waals surface area contributed by atoms with E-state index in [4.69, 9.17) is 5.73 Å². The highest BCUT2D eigenvalue weighted by atomic mass is 15.2. The molecule has 2 unspecified atom stereocenters. The molecule has 0 radical (unpaired) electrons. The Balaban J connectivity index is 2.75. The topological polar surface area (TPSA) is 42.2 Å². The van der Waals surface area contributed by atoms with E-state index in [0.717, 1.165) is 12.2 Å². The van der Waals surface area contributed by atoms with Crippen LogP contribution in [0.4, 0.5) is 0 Å². The van der Waals surface area contributed by atoms with Crippen molar-refractivity contribution < 1.29 is 0 Å². The number of unbranched alkanes of at least 4 members (excludes halogenated alkanes) is 1. The summed E-state index contributed by atoms with van der Waals surface area (Å²) in [5, 5.41) is 0. The normalized spacial score (nSPS) is 15.1. The first-order valence-electron chi connectivity index (χ1n) is 6.03. The molecule has 0 amide bonds. The van der Waals surface area contributed by atoms with Crippen molar-refractivity contribution in [3.63, 3.8) is 0 Å². The van der Waals surface area contributed by atoms with E-state index < -0.39 is 0 Å². The van der Waals surface area contributed by atoms with Gasteiger partial charge in [0, 0.05) is 12.2 Å². The summed E-state index contributed by atoms with van der Waals surface area (Å²) in [5.74, 6) is 0. The largest absolute Gasteiger partial charge is 0.326 e. The number of nitrogens with two attached hydrogens (primary N) is 1. The molecule has 1 rings (SSSR count). The van der Waals surface area contributed by atoms with Crippen LogP contribution in [0.5, 0.6) is 0 Å². The van der Waals surface area contributed by atoms with Crippen molar-refractivity contribution in [1.82, 2.24) is 9.88 Å². The molecule has 0 bridgehead atoms. The van der Waals surface area contributed by atoms with Gasteiger partial charge in [0.05, 0.1) is 11.7 Å². The van der Waals surface area contributed by atoms with Crippen LogP contribution in [-0.4, -0.2) is 29.5 Å². The average Bonchev–Trinajstić information content (AvgIpc) is 2.27. The van der Waals surface area contributed by atoms with Crippen LogP contribution < -0.4 is 5.73 Å². The Morgan fingerprint density at radius 2 is 2.19 bits per heavy atom. The van der Waals surface area contributed by atoms with Crippen molar-refractivity contribution in [1.29, 1.82) is 0 Å². The number of nitrogens with zero attached hydrogens (tertiary/aromatic N) is 2. The van der Waals surface area contributed by atoms with E-state index in [0.29, 0.717) is 0 Å². The van der Waals surface area contributed by atoms with Gasteiger partial charge in [-0.25, -0.2) is 0 Å². The molecule has 0 saturated heterocycles. The fourth-order valence-electron chi connectivity index (χ4n) is 1.99. The molecule has 1 aromatic heterocycles. The summed E-state index contributed by atoms with van der Waals surface area (Å²) in [6, 6.07) is 6.32. The van der Waals surface area contributed by atoms with Crippen LogP contribution in [0, 0.1) is 0 Å². The molecule has 0 spiro atoms. The lowest BCUT2D eigenvalue weighted by molar-refractivity contribution is 0.212. The van der Waals surface area contributed by atoms with Gasteiger partial charge in [-0.2, -0.15) is 0 Å². The Labute approximate surface area is 98.7 Å². The summed E-state index contributed by atoms with van der Waals surface area (Å²) >= 11 is 0. The summed E-state index contributed by atoms with van der Waals surface area (Å²) in [6.07, 6.45) is 4.24. The standard InChI is InChI=1S/C13H23N3/c1-4-5-10-16(3)13(11(2)14)12-8-6-7-9-15-12/h6-9,11,13H,4-5,10,14H2,1-3H3. The minimum absolute atomic E-state index is 0.0942. The highest BCUT2D eigenvalue weighted by Gasteiger charge is 2.21. The Bertz CT molecular complexity index is 284. The second-order valence-corrected chi connectivity index (χ2v) is 4.39. The smallest absolute Gasteiger partial charge is 0.0668 e. The summed E-state index contributed by atoms with van der Waals surface area (Å²) in [4.78, 5) is 6.71. The number of hydrogen-bond acceptors (Lipinski definition) is 3. The van der Waals surface area contributed by atoms with E-state index >= 15 is 0 Å². The molecule has 0 aliphatic rings. The lowest BCUT2D eigenvalue weighted by Gasteiger charge is -2.30. The molecule has 0 saturated carbocycles. The van der Waals surface area contributed by atoms with Crippen LogP contribution in [-0.2, 0) is 0 Å². The van der Waals surface area contributed by atoms with E-state index in [2.05, 4.69) is 29.9 Å². The zero-order chi connectivity index (χ0) is 12.0. The Morgan fingerprint density at radius 3 is 2.69 bits per heavy atom. The molecular weight excluding hydrogens is 198 g/mol. The van der Waals surface area contributed by atoms with Gasteiger partial charge in [-0.15, -0.1) is 0 Å². The molecule has 90 valence electrons. The predicted molar refractivity (Wildman–Crippen MR) is 68.2 cm³/mol. The van der Waals surface area contributed by atoms with Crippen molar-refractivity contribution in [2.75, 3.05) is 13.6 Å². The lowest BCUT2D eigenvalue weighted by atomic mass is 10.0. The first kappa shape index (κ1) is 13.1. The van der Waals surface area contributed by atoms with E-state index in [1.54, 1.807) is 0 Å². The highest BCUT2D eigenvalue weighted by molar-refractivity contribution is 5.10. The van der Waals surface area contributed by atoms with Gasteiger partial charge in [-0.1, -0.05) is 19.4 Å². The minimum atomic E-state index is 0.0942. The van der Waals surface area contributed by atoms with Gasteiger partial charge in [0.1, 0.15) is 0 Å². The molecule has 3 nitrogen and oxygen atoms in total. The number of likely N-dealkylation sites (N-methyl/N-ethyl adjacent to an activating group) is 1. The zero-order valence-electron chi connectivity index (χ0n) is 10.6. The molecule has 1 aromatic rings. The van der Waals surface area contributed by atoms with Crippen LogP contribution in [0.3, 0.4) is 0 Å². The molecule has 1 heterocycles. The molecule has 0 aliphatic heterocycles. The molecule has 0 aliphatic carbocycles. The molecule has 2 N–H and O–H groups in total. The van der Waals surface area contributed by atoms with Gasteiger partial charge in [0.15, 0.2) is 0 Å². The molecule has 16 heavy (non-hydrogen) atoms. The third-order valence-electron chi connectivity index (χ3n) is 2.83. The van der Waals surface area contributed by atoms with Gasteiger partial charge in [-0.05, 0) is 39.1 Å². The maximum Gasteiger partial charge on any atom is 0.0668 e. The van der Waals surface area contributed by atoms with Crippen molar-refractivity contribution >= 4 is 0 Å². The maximum atomic E-state index is 6.06. The number of hydrogen-bond donors (Lipinski definition) is 1. The second kappa shape index (κ2) is 6.61. The van der Waals surface area contributed by atoms with Crippen molar-refractivity contribution in [3.05, 3.63) is 30.1 Å². The Kier molecular flexibility index (Phi) is 5.43. The number of rotatable bonds is 6.